The van der Waals surface area contributed by atoms with Crippen LogP contribution < -0.4 is 9.47 Å². The van der Waals surface area contributed by atoms with Gasteiger partial charge in [-0.3, -0.25) is 0 Å². The molecule has 0 saturated carbocycles. The second kappa shape index (κ2) is 7.09. The van der Waals surface area contributed by atoms with E-state index >= 15 is 0 Å². The van der Waals surface area contributed by atoms with Gasteiger partial charge in [-0.05, 0) is 36.4 Å². The predicted octanol–water partition coefficient (Wildman–Crippen LogP) is 3.54. The lowest BCUT2D eigenvalue weighted by Gasteiger charge is -2.06. The summed E-state index contributed by atoms with van der Waals surface area (Å²) in [4.78, 5) is 19.5. The fourth-order valence-electron chi connectivity index (χ4n) is 2.53. The standard InChI is InChI=1S/C19H18N2O4/c1-23-13-9-7-12(16(11-13)24-2)8-10-17-20-15-6-4-5-14(18(15)21-17)19(22)25-3/h4-11H,1-3H3,(H,20,21). The number of para-hydroxylation sites is 1. The zero-order valence-electron chi connectivity index (χ0n) is 14.2. The lowest BCUT2D eigenvalue weighted by atomic mass is 10.1. The van der Waals surface area contributed by atoms with E-state index in [2.05, 4.69) is 9.97 Å². The van der Waals surface area contributed by atoms with Gasteiger partial charge in [-0.2, -0.15) is 0 Å². The fourth-order valence-corrected chi connectivity index (χ4v) is 2.53. The molecule has 0 amide bonds. The predicted molar refractivity (Wildman–Crippen MR) is 95.9 cm³/mol. The van der Waals surface area contributed by atoms with E-state index in [-0.39, 0.29) is 0 Å². The van der Waals surface area contributed by atoms with Gasteiger partial charge in [0.15, 0.2) is 0 Å². The van der Waals surface area contributed by atoms with Crippen molar-refractivity contribution in [2.75, 3.05) is 21.3 Å². The van der Waals surface area contributed by atoms with Crippen LogP contribution >= 0.6 is 0 Å². The van der Waals surface area contributed by atoms with Crippen LogP contribution in [0.1, 0.15) is 21.7 Å². The van der Waals surface area contributed by atoms with Gasteiger partial charge in [-0.15, -0.1) is 0 Å². The van der Waals surface area contributed by atoms with Gasteiger partial charge in [0, 0.05) is 11.6 Å². The molecule has 6 heteroatoms. The number of nitrogens with zero attached hydrogens (tertiary/aromatic N) is 1. The van der Waals surface area contributed by atoms with E-state index in [1.807, 2.05) is 36.4 Å². The van der Waals surface area contributed by atoms with Crippen LogP contribution in [0.2, 0.25) is 0 Å². The van der Waals surface area contributed by atoms with E-state index in [1.54, 1.807) is 26.4 Å². The first kappa shape index (κ1) is 16.6. The summed E-state index contributed by atoms with van der Waals surface area (Å²) in [6.45, 7) is 0. The highest BCUT2D eigenvalue weighted by molar-refractivity contribution is 6.02. The summed E-state index contributed by atoms with van der Waals surface area (Å²) >= 11 is 0. The SMILES string of the molecule is COC(=O)c1cccc2[nH]c(C=Cc3ccc(OC)cc3OC)nc12. The maximum Gasteiger partial charge on any atom is 0.340 e. The average molecular weight is 338 g/mol. The number of hydrogen-bond acceptors (Lipinski definition) is 5. The van der Waals surface area contributed by atoms with E-state index < -0.39 is 5.97 Å². The van der Waals surface area contributed by atoms with Crippen molar-refractivity contribution in [1.29, 1.82) is 0 Å². The second-order valence-corrected chi connectivity index (χ2v) is 5.26. The Hall–Kier alpha value is -3.28. The van der Waals surface area contributed by atoms with Gasteiger partial charge in [-0.1, -0.05) is 6.07 Å². The van der Waals surface area contributed by atoms with Crippen LogP contribution in [0.4, 0.5) is 0 Å². The Morgan fingerprint density at radius 1 is 1.08 bits per heavy atom. The zero-order chi connectivity index (χ0) is 17.8. The molecule has 1 N–H and O–H groups in total. The molecule has 3 aromatic rings. The van der Waals surface area contributed by atoms with Crippen LogP contribution in [0, 0.1) is 0 Å². The lowest BCUT2D eigenvalue weighted by Crippen LogP contribution is -2.01. The smallest absolute Gasteiger partial charge is 0.340 e. The van der Waals surface area contributed by atoms with Gasteiger partial charge in [0.25, 0.3) is 0 Å². The molecular formula is C19H18N2O4. The molecular weight excluding hydrogens is 320 g/mol. The Morgan fingerprint density at radius 3 is 2.64 bits per heavy atom. The third-order valence-corrected chi connectivity index (χ3v) is 3.80. The van der Waals surface area contributed by atoms with Crippen molar-refractivity contribution in [2.24, 2.45) is 0 Å². The largest absolute Gasteiger partial charge is 0.497 e. The maximum absolute atomic E-state index is 11.8. The average Bonchev–Trinajstić information content (AvgIpc) is 3.08. The molecule has 0 atom stereocenters. The summed E-state index contributed by atoms with van der Waals surface area (Å²) in [7, 11) is 4.57. The molecule has 0 aliphatic carbocycles. The van der Waals surface area contributed by atoms with Crippen molar-refractivity contribution in [2.45, 2.75) is 0 Å². The number of carbonyl (C=O) groups excluding carboxylic acids is 1. The van der Waals surface area contributed by atoms with Crippen LogP contribution in [0.25, 0.3) is 23.2 Å². The summed E-state index contributed by atoms with van der Waals surface area (Å²) in [5, 5.41) is 0. The van der Waals surface area contributed by atoms with Gasteiger partial charge in [-0.25, -0.2) is 9.78 Å². The summed E-state index contributed by atoms with van der Waals surface area (Å²) in [5.41, 5.74) is 2.66. The van der Waals surface area contributed by atoms with E-state index in [0.717, 1.165) is 16.8 Å². The summed E-state index contributed by atoms with van der Waals surface area (Å²) in [6.07, 6.45) is 3.71. The monoisotopic (exact) mass is 338 g/mol. The molecule has 0 fully saturated rings. The Balaban J connectivity index is 1.96. The van der Waals surface area contributed by atoms with Crippen LogP contribution in [0.15, 0.2) is 36.4 Å². The highest BCUT2D eigenvalue weighted by Gasteiger charge is 2.13. The third-order valence-electron chi connectivity index (χ3n) is 3.80. The number of H-pyrrole nitrogens is 1. The Kier molecular flexibility index (Phi) is 4.70. The normalized spacial score (nSPS) is 11.0. The molecule has 6 nitrogen and oxygen atoms in total. The second-order valence-electron chi connectivity index (χ2n) is 5.26. The van der Waals surface area contributed by atoms with E-state index in [9.17, 15) is 4.79 Å². The van der Waals surface area contributed by atoms with Crippen LogP contribution in [0.5, 0.6) is 11.5 Å². The van der Waals surface area contributed by atoms with Crippen LogP contribution in [-0.4, -0.2) is 37.3 Å². The van der Waals surface area contributed by atoms with Gasteiger partial charge in [0.2, 0.25) is 0 Å². The number of hydrogen-bond donors (Lipinski definition) is 1. The highest BCUT2D eigenvalue weighted by atomic mass is 16.5. The van der Waals surface area contributed by atoms with Crippen molar-refractivity contribution < 1.29 is 19.0 Å². The van der Waals surface area contributed by atoms with E-state index in [0.29, 0.717) is 22.7 Å². The molecule has 0 spiro atoms. The molecule has 0 unspecified atom stereocenters. The molecule has 2 aromatic carbocycles. The molecule has 0 aliphatic heterocycles. The van der Waals surface area contributed by atoms with Gasteiger partial charge >= 0.3 is 5.97 Å². The number of esters is 1. The number of benzene rings is 2. The van der Waals surface area contributed by atoms with E-state index in [4.69, 9.17) is 14.2 Å². The number of ether oxygens (including phenoxy) is 3. The molecule has 0 saturated heterocycles. The van der Waals surface area contributed by atoms with Crippen molar-refractivity contribution in [3.8, 4) is 11.5 Å². The van der Waals surface area contributed by atoms with Crippen LogP contribution in [-0.2, 0) is 4.74 Å². The number of nitrogens with one attached hydrogen (secondary N) is 1. The maximum atomic E-state index is 11.8. The number of aromatic amines is 1. The Bertz CT molecular complexity index is 944. The van der Waals surface area contributed by atoms with Gasteiger partial charge < -0.3 is 19.2 Å². The molecule has 1 aromatic heterocycles. The summed E-state index contributed by atoms with van der Waals surface area (Å²) in [5.74, 6) is 1.64. The number of fused-ring (bicyclic) bond motifs is 1. The topological polar surface area (TPSA) is 73.4 Å². The van der Waals surface area contributed by atoms with Gasteiger partial charge in [0.05, 0.1) is 32.4 Å². The first-order valence-electron chi connectivity index (χ1n) is 7.63. The molecule has 0 bridgehead atoms. The molecule has 0 aliphatic rings. The third kappa shape index (κ3) is 3.33. The minimum atomic E-state index is -0.413. The molecule has 25 heavy (non-hydrogen) atoms. The van der Waals surface area contributed by atoms with Crippen LogP contribution in [0.3, 0.4) is 0 Å². The Labute approximate surface area is 145 Å². The van der Waals surface area contributed by atoms with E-state index in [1.165, 1.54) is 7.11 Å². The summed E-state index contributed by atoms with van der Waals surface area (Å²) in [6, 6.07) is 10.9. The quantitative estimate of drug-likeness (QED) is 0.720. The number of methoxy groups -OCH3 is 3. The minimum Gasteiger partial charge on any atom is -0.497 e. The molecule has 3 rings (SSSR count). The molecule has 1 heterocycles. The van der Waals surface area contributed by atoms with Crippen molar-refractivity contribution >= 4 is 29.2 Å². The number of carbonyl (C=O) groups is 1. The van der Waals surface area contributed by atoms with Gasteiger partial charge in [0.1, 0.15) is 22.8 Å². The van der Waals surface area contributed by atoms with Crippen molar-refractivity contribution in [3.05, 3.63) is 53.3 Å². The van der Waals surface area contributed by atoms with Crippen molar-refractivity contribution in [3.63, 3.8) is 0 Å². The molecule has 0 radical (unpaired) electrons. The fraction of sp³-hybridized carbons (Fsp3) is 0.158. The number of imidazole rings is 1. The Morgan fingerprint density at radius 2 is 1.92 bits per heavy atom. The zero-order valence-corrected chi connectivity index (χ0v) is 14.2. The number of rotatable bonds is 5. The lowest BCUT2D eigenvalue weighted by molar-refractivity contribution is 0.0603. The highest BCUT2D eigenvalue weighted by Crippen LogP contribution is 2.26. The minimum absolute atomic E-state index is 0.413. The molecule has 128 valence electrons. The summed E-state index contributed by atoms with van der Waals surface area (Å²) < 4.78 is 15.4. The van der Waals surface area contributed by atoms with Crippen molar-refractivity contribution in [1.82, 2.24) is 9.97 Å². The number of aromatic nitrogens is 2. The first-order valence-corrected chi connectivity index (χ1v) is 7.63. The first-order chi connectivity index (χ1) is 12.2.